The molecule has 1 amide bonds. The zero-order chi connectivity index (χ0) is 16.6. The molecule has 1 aromatic heterocycles. The van der Waals surface area contributed by atoms with E-state index in [2.05, 4.69) is 42.5 Å². The highest BCUT2D eigenvalue weighted by molar-refractivity contribution is 6.02. The van der Waals surface area contributed by atoms with Gasteiger partial charge in [0, 0.05) is 32.2 Å². The Labute approximate surface area is 137 Å². The van der Waals surface area contributed by atoms with Crippen LogP contribution in [0.15, 0.2) is 18.2 Å². The second-order valence-corrected chi connectivity index (χ2v) is 6.44. The molecule has 2 N–H and O–H groups in total. The standard InChI is InChI=1S/C18H24N4O/c1-11(2)13-6-5-7-14(12(13)3)21-18(23)17-20-15-8-9-19-10-16(15)22(17)4/h5-7,11,19H,8-10H2,1-4H3,(H,21,23). The lowest BCUT2D eigenvalue weighted by Crippen LogP contribution is -2.25. The first-order valence-electron chi connectivity index (χ1n) is 8.15. The molecule has 23 heavy (non-hydrogen) atoms. The molecule has 2 aromatic rings. The number of rotatable bonds is 3. The number of nitrogens with one attached hydrogen (secondary N) is 2. The smallest absolute Gasteiger partial charge is 0.291 e. The van der Waals surface area contributed by atoms with Crippen LogP contribution in [-0.2, 0) is 20.0 Å². The minimum absolute atomic E-state index is 0.147. The van der Waals surface area contributed by atoms with Gasteiger partial charge in [-0.1, -0.05) is 26.0 Å². The molecule has 122 valence electrons. The Hall–Kier alpha value is -2.14. The third kappa shape index (κ3) is 2.88. The maximum Gasteiger partial charge on any atom is 0.291 e. The number of imidazole rings is 1. The lowest BCUT2D eigenvalue weighted by Gasteiger charge is -2.15. The van der Waals surface area contributed by atoms with Crippen molar-refractivity contribution in [3.8, 4) is 0 Å². The molecule has 0 atom stereocenters. The minimum Gasteiger partial charge on any atom is -0.326 e. The average molecular weight is 312 g/mol. The number of benzene rings is 1. The second kappa shape index (κ2) is 6.16. The van der Waals surface area contributed by atoms with Gasteiger partial charge < -0.3 is 15.2 Å². The molecule has 0 fully saturated rings. The van der Waals surface area contributed by atoms with Crippen molar-refractivity contribution in [1.82, 2.24) is 14.9 Å². The molecule has 5 heteroatoms. The van der Waals surface area contributed by atoms with Crippen molar-refractivity contribution in [2.75, 3.05) is 11.9 Å². The van der Waals surface area contributed by atoms with Crippen molar-refractivity contribution < 1.29 is 4.79 Å². The van der Waals surface area contributed by atoms with Crippen LogP contribution in [0.2, 0.25) is 0 Å². The molecular weight excluding hydrogens is 288 g/mol. The quantitative estimate of drug-likeness (QED) is 0.916. The van der Waals surface area contributed by atoms with Crippen molar-refractivity contribution >= 4 is 11.6 Å². The van der Waals surface area contributed by atoms with Crippen molar-refractivity contribution in [3.05, 3.63) is 46.5 Å². The molecule has 0 saturated heterocycles. The summed E-state index contributed by atoms with van der Waals surface area (Å²) in [5, 5.41) is 6.35. The van der Waals surface area contributed by atoms with Crippen LogP contribution in [0.25, 0.3) is 0 Å². The number of amides is 1. The van der Waals surface area contributed by atoms with E-state index in [0.717, 1.165) is 42.1 Å². The van der Waals surface area contributed by atoms with Crippen molar-refractivity contribution in [3.63, 3.8) is 0 Å². The number of hydrogen-bond donors (Lipinski definition) is 2. The van der Waals surface area contributed by atoms with Gasteiger partial charge in [-0.05, 0) is 30.0 Å². The van der Waals surface area contributed by atoms with Gasteiger partial charge in [0.2, 0.25) is 0 Å². The van der Waals surface area contributed by atoms with Crippen molar-refractivity contribution in [1.29, 1.82) is 0 Å². The van der Waals surface area contributed by atoms with Crippen LogP contribution in [0.4, 0.5) is 5.69 Å². The van der Waals surface area contributed by atoms with E-state index in [0.29, 0.717) is 11.7 Å². The topological polar surface area (TPSA) is 59.0 Å². The molecule has 0 unspecified atom stereocenters. The van der Waals surface area contributed by atoms with E-state index in [4.69, 9.17) is 0 Å². The molecule has 0 aliphatic carbocycles. The molecule has 5 nitrogen and oxygen atoms in total. The van der Waals surface area contributed by atoms with E-state index in [1.54, 1.807) is 0 Å². The lowest BCUT2D eigenvalue weighted by molar-refractivity contribution is 0.101. The molecule has 0 spiro atoms. The highest BCUT2D eigenvalue weighted by Crippen LogP contribution is 2.25. The summed E-state index contributed by atoms with van der Waals surface area (Å²) in [5.74, 6) is 0.761. The van der Waals surface area contributed by atoms with Gasteiger partial charge >= 0.3 is 0 Å². The number of anilines is 1. The number of nitrogens with zero attached hydrogens (tertiary/aromatic N) is 2. The van der Waals surface area contributed by atoms with Gasteiger partial charge in [0.05, 0.1) is 11.4 Å². The van der Waals surface area contributed by atoms with Gasteiger partial charge in [0.15, 0.2) is 5.82 Å². The van der Waals surface area contributed by atoms with Gasteiger partial charge in [-0.3, -0.25) is 4.79 Å². The lowest BCUT2D eigenvalue weighted by atomic mass is 9.97. The van der Waals surface area contributed by atoms with E-state index in [1.807, 2.05) is 23.7 Å². The van der Waals surface area contributed by atoms with Crippen LogP contribution in [-0.4, -0.2) is 22.0 Å². The summed E-state index contributed by atoms with van der Waals surface area (Å²) in [5.41, 5.74) is 5.38. The maximum absolute atomic E-state index is 12.7. The summed E-state index contributed by atoms with van der Waals surface area (Å²) in [6.07, 6.45) is 0.873. The normalized spacial score (nSPS) is 14.0. The van der Waals surface area contributed by atoms with Crippen molar-refractivity contribution in [2.45, 2.75) is 39.7 Å². The number of carbonyl (C=O) groups excluding carboxylic acids is 1. The third-order valence-corrected chi connectivity index (χ3v) is 4.58. The SMILES string of the molecule is Cc1c(NC(=O)c2nc3c(n2C)CNCC3)cccc1C(C)C. The molecule has 3 rings (SSSR count). The summed E-state index contributed by atoms with van der Waals surface area (Å²) in [6, 6.07) is 6.05. The Kier molecular flexibility index (Phi) is 4.22. The monoisotopic (exact) mass is 312 g/mol. The van der Waals surface area contributed by atoms with Gasteiger partial charge in [0.25, 0.3) is 5.91 Å². The zero-order valence-electron chi connectivity index (χ0n) is 14.2. The molecule has 1 aliphatic rings. The van der Waals surface area contributed by atoms with E-state index in [1.165, 1.54) is 5.56 Å². The Balaban J connectivity index is 1.88. The van der Waals surface area contributed by atoms with E-state index < -0.39 is 0 Å². The first-order chi connectivity index (χ1) is 11.0. The first kappa shape index (κ1) is 15.7. The van der Waals surface area contributed by atoms with Gasteiger partial charge in [-0.2, -0.15) is 0 Å². The van der Waals surface area contributed by atoms with Crippen LogP contribution in [0.1, 0.15) is 52.9 Å². The summed E-state index contributed by atoms with van der Waals surface area (Å²) >= 11 is 0. The number of hydrogen-bond acceptors (Lipinski definition) is 3. The third-order valence-electron chi connectivity index (χ3n) is 4.58. The fourth-order valence-electron chi connectivity index (χ4n) is 3.22. The number of fused-ring (bicyclic) bond motifs is 1. The predicted molar refractivity (Wildman–Crippen MR) is 91.8 cm³/mol. The van der Waals surface area contributed by atoms with Crippen LogP contribution in [0.5, 0.6) is 0 Å². The number of carbonyl (C=O) groups is 1. The van der Waals surface area contributed by atoms with Gasteiger partial charge in [-0.25, -0.2) is 4.98 Å². The van der Waals surface area contributed by atoms with E-state index in [9.17, 15) is 4.79 Å². The molecule has 0 radical (unpaired) electrons. The Morgan fingerprint density at radius 1 is 1.39 bits per heavy atom. The second-order valence-electron chi connectivity index (χ2n) is 6.44. The first-order valence-corrected chi connectivity index (χ1v) is 8.15. The summed E-state index contributed by atoms with van der Waals surface area (Å²) < 4.78 is 1.90. The Morgan fingerprint density at radius 3 is 2.87 bits per heavy atom. The Bertz CT molecular complexity index is 746. The minimum atomic E-state index is -0.147. The largest absolute Gasteiger partial charge is 0.326 e. The van der Waals surface area contributed by atoms with Crippen LogP contribution in [0.3, 0.4) is 0 Å². The van der Waals surface area contributed by atoms with Crippen LogP contribution < -0.4 is 10.6 Å². The molecular formula is C18H24N4O. The summed E-state index contributed by atoms with van der Waals surface area (Å²) in [7, 11) is 1.91. The fraction of sp³-hybridized carbons (Fsp3) is 0.444. The molecule has 0 saturated carbocycles. The van der Waals surface area contributed by atoms with E-state index in [-0.39, 0.29) is 5.91 Å². The molecule has 1 aromatic carbocycles. The number of aromatic nitrogens is 2. The van der Waals surface area contributed by atoms with Crippen LogP contribution >= 0.6 is 0 Å². The molecule has 2 heterocycles. The van der Waals surface area contributed by atoms with Crippen LogP contribution in [0, 0.1) is 6.92 Å². The summed E-state index contributed by atoms with van der Waals surface area (Å²) in [4.78, 5) is 17.2. The Morgan fingerprint density at radius 2 is 2.17 bits per heavy atom. The predicted octanol–water partition coefficient (Wildman–Crippen LogP) is 2.75. The zero-order valence-corrected chi connectivity index (χ0v) is 14.2. The molecule has 1 aliphatic heterocycles. The summed E-state index contributed by atoms with van der Waals surface area (Å²) in [6.45, 7) is 8.06. The van der Waals surface area contributed by atoms with E-state index >= 15 is 0 Å². The molecule has 0 bridgehead atoms. The highest BCUT2D eigenvalue weighted by Gasteiger charge is 2.22. The fourth-order valence-corrected chi connectivity index (χ4v) is 3.22. The van der Waals surface area contributed by atoms with Gasteiger partial charge in [-0.15, -0.1) is 0 Å². The highest BCUT2D eigenvalue weighted by atomic mass is 16.2. The van der Waals surface area contributed by atoms with Gasteiger partial charge in [0.1, 0.15) is 0 Å². The maximum atomic E-state index is 12.7. The average Bonchev–Trinajstić information content (AvgIpc) is 2.87. The van der Waals surface area contributed by atoms with Crippen molar-refractivity contribution in [2.24, 2.45) is 7.05 Å².